The second-order valence-electron chi connectivity index (χ2n) is 17.5. The summed E-state index contributed by atoms with van der Waals surface area (Å²) in [6, 6.07) is 33.9. The molecule has 0 bridgehead atoms. The number of rotatable bonds is 11. The van der Waals surface area contributed by atoms with Gasteiger partial charge in [-0.25, -0.2) is 31.1 Å². The second kappa shape index (κ2) is 19.3. The maximum absolute atomic E-state index is 13.4. The van der Waals surface area contributed by atoms with Crippen molar-refractivity contribution in [2.24, 2.45) is 0 Å². The van der Waals surface area contributed by atoms with E-state index in [1.165, 1.54) is 23.1 Å². The average molecular weight is 921 g/mol. The fourth-order valence-corrected chi connectivity index (χ4v) is 10.4. The summed E-state index contributed by atoms with van der Waals surface area (Å²) in [5.41, 5.74) is 3.10. The predicted octanol–water partition coefficient (Wildman–Crippen LogP) is 7.40. The van der Waals surface area contributed by atoms with Gasteiger partial charge in [0.1, 0.15) is 6.54 Å². The van der Waals surface area contributed by atoms with E-state index in [9.17, 15) is 31.2 Å². The number of hydrogen-bond acceptors (Lipinski definition) is 10. The number of amides is 2. The number of benzene rings is 5. The van der Waals surface area contributed by atoms with Gasteiger partial charge < -0.3 is 19.4 Å². The third-order valence-corrected chi connectivity index (χ3v) is 13.4. The lowest BCUT2D eigenvalue weighted by molar-refractivity contribution is -0.135. The van der Waals surface area contributed by atoms with Gasteiger partial charge in [-0.3, -0.25) is 9.59 Å². The summed E-state index contributed by atoms with van der Waals surface area (Å²) in [6.07, 6.45) is 0. The fourth-order valence-electron chi connectivity index (χ4n) is 7.06. The molecule has 1 fully saturated rings. The highest BCUT2D eigenvalue weighted by Crippen LogP contribution is 2.31. The topological polar surface area (TPSA) is 209 Å². The number of aryl methyl sites for hydroxylation is 1. The first-order valence-corrected chi connectivity index (χ1v) is 23.6. The number of sulfonamides is 2. The molecular formula is C48H52N6O9S2. The van der Waals surface area contributed by atoms with Gasteiger partial charge in [-0.1, -0.05) is 90.1 Å². The van der Waals surface area contributed by atoms with E-state index < -0.39 is 37.1 Å². The number of aromatic nitrogens is 2. The molecule has 6 aromatic rings. The summed E-state index contributed by atoms with van der Waals surface area (Å²) in [6.45, 7) is 13.5. The van der Waals surface area contributed by atoms with Crippen LogP contribution in [0, 0.1) is 6.92 Å². The van der Waals surface area contributed by atoms with Crippen LogP contribution in [0.2, 0.25) is 0 Å². The summed E-state index contributed by atoms with van der Waals surface area (Å²) in [5.74, 6) is -0.478. The number of nitrogens with one attached hydrogen (secondary N) is 2. The largest absolute Gasteiger partial charge is 0.478 e. The van der Waals surface area contributed by atoms with Gasteiger partial charge in [-0.2, -0.15) is 4.98 Å². The van der Waals surface area contributed by atoms with Crippen molar-refractivity contribution in [3.63, 3.8) is 0 Å². The van der Waals surface area contributed by atoms with Crippen LogP contribution in [0.3, 0.4) is 0 Å². The third-order valence-electron chi connectivity index (χ3n) is 9.79. The van der Waals surface area contributed by atoms with Crippen LogP contribution in [0.5, 0.6) is 0 Å². The molecule has 65 heavy (non-hydrogen) atoms. The lowest BCUT2D eigenvalue weighted by atomic mass is 10.0. The molecule has 17 heteroatoms. The highest BCUT2D eigenvalue weighted by Gasteiger charge is 2.30. The minimum atomic E-state index is -3.81. The first-order valence-electron chi connectivity index (χ1n) is 20.7. The molecule has 7 rings (SSSR count). The van der Waals surface area contributed by atoms with Gasteiger partial charge in [0.25, 0.3) is 5.91 Å². The predicted molar refractivity (Wildman–Crippen MR) is 247 cm³/mol. The van der Waals surface area contributed by atoms with E-state index in [1.54, 1.807) is 132 Å². The monoisotopic (exact) mass is 920 g/mol. The Balaban J connectivity index is 0.000000257. The Morgan fingerprint density at radius 2 is 1.18 bits per heavy atom. The third kappa shape index (κ3) is 12.4. The number of hydrogen-bond donors (Lipinski definition) is 3. The van der Waals surface area contributed by atoms with Crippen molar-refractivity contribution in [3.05, 3.63) is 144 Å². The summed E-state index contributed by atoms with van der Waals surface area (Å²) < 4.78 is 61.9. The number of carbonyl (C=O) groups is 3. The van der Waals surface area contributed by atoms with Gasteiger partial charge in [0.2, 0.25) is 37.7 Å². The average Bonchev–Trinajstić information content (AvgIpc) is 3.69. The Labute approximate surface area is 379 Å². The molecule has 3 N–H and O–H groups in total. The van der Waals surface area contributed by atoms with Crippen molar-refractivity contribution < 1.29 is 40.8 Å². The molecule has 5 aromatic carbocycles. The molecule has 0 radical (unpaired) electrons. The smallest absolute Gasteiger partial charge is 0.335 e. The van der Waals surface area contributed by atoms with Crippen molar-refractivity contribution in [2.45, 2.75) is 75.9 Å². The highest BCUT2D eigenvalue weighted by molar-refractivity contribution is 7.90. The molecule has 1 aromatic heterocycles. The van der Waals surface area contributed by atoms with Crippen LogP contribution < -0.4 is 9.44 Å². The van der Waals surface area contributed by atoms with Crippen LogP contribution in [0.4, 0.5) is 0 Å². The van der Waals surface area contributed by atoms with Crippen molar-refractivity contribution >= 4 is 37.8 Å². The number of piperazine rings is 1. The van der Waals surface area contributed by atoms with E-state index in [4.69, 9.17) is 9.63 Å². The number of carboxylic acids is 1. The molecule has 15 nitrogen and oxygen atoms in total. The van der Waals surface area contributed by atoms with E-state index in [-0.39, 0.29) is 33.7 Å². The van der Waals surface area contributed by atoms with Crippen molar-refractivity contribution in [1.29, 1.82) is 0 Å². The lowest BCUT2D eigenvalue weighted by Gasteiger charge is -2.34. The maximum atomic E-state index is 13.4. The minimum Gasteiger partial charge on any atom is -0.478 e. The lowest BCUT2D eigenvalue weighted by Crippen LogP contribution is -2.51. The van der Waals surface area contributed by atoms with E-state index in [0.717, 1.165) is 11.1 Å². The number of aromatic carboxylic acids is 1. The molecule has 0 aliphatic carbocycles. The zero-order valence-corrected chi connectivity index (χ0v) is 38.8. The van der Waals surface area contributed by atoms with E-state index in [0.29, 0.717) is 59.2 Å². The molecule has 1 aliphatic rings. The van der Waals surface area contributed by atoms with Crippen molar-refractivity contribution in [1.82, 2.24) is 29.4 Å². The Hall–Kier alpha value is -6.53. The number of nitrogens with zero attached hydrogens (tertiary/aromatic N) is 4. The summed E-state index contributed by atoms with van der Waals surface area (Å²) in [4.78, 5) is 45.3. The molecule has 2 amide bonds. The first kappa shape index (κ1) is 47.9. The van der Waals surface area contributed by atoms with Gasteiger partial charge >= 0.3 is 5.97 Å². The van der Waals surface area contributed by atoms with Crippen LogP contribution in [0.1, 0.15) is 73.7 Å². The van der Waals surface area contributed by atoms with Gasteiger partial charge in [-0.05, 0) is 94.6 Å². The van der Waals surface area contributed by atoms with E-state index >= 15 is 0 Å². The normalized spacial score (nSPS) is 13.6. The highest BCUT2D eigenvalue weighted by atomic mass is 32.2. The Bertz CT molecular complexity index is 2940. The zero-order chi connectivity index (χ0) is 47.3. The van der Waals surface area contributed by atoms with Crippen molar-refractivity contribution in [2.75, 3.05) is 19.6 Å². The molecule has 2 heterocycles. The Kier molecular flexibility index (Phi) is 14.2. The summed E-state index contributed by atoms with van der Waals surface area (Å²) in [5, 5.41) is 13.0. The summed E-state index contributed by atoms with van der Waals surface area (Å²) >= 11 is 0. The SMILES string of the molecule is CC(C)(C)NS(=O)(=O)c1ccccc1-c1cccc(C(=O)O)c1.Cc1nc(-c2ccc(CN3CCN(C(=O)c4cccc(-c5ccccc5S(=O)(=O)NC(C)(C)C)c4)CC3=O)cc2)no1. The van der Waals surface area contributed by atoms with Crippen LogP contribution in [0.25, 0.3) is 33.6 Å². The molecule has 0 unspecified atom stereocenters. The van der Waals surface area contributed by atoms with Crippen LogP contribution in [-0.2, 0) is 31.4 Å². The van der Waals surface area contributed by atoms with Gasteiger partial charge in [0.05, 0.1) is 15.4 Å². The first-order chi connectivity index (χ1) is 30.5. The summed E-state index contributed by atoms with van der Waals surface area (Å²) in [7, 11) is -7.54. The van der Waals surface area contributed by atoms with Crippen molar-refractivity contribution in [3.8, 4) is 33.6 Å². The molecule has 0 saturated carbocycles. The molecule has 1 aliphatic heterocycles. The second-order valence-corrected chi connectivity index (χ2v) is 20.8. The molecule has 0 atom stereocenters. The fraction of sp³-hybridized carbons (Fsp3) is 0.271. The van der Waals surface area contributed by atoms with Gasteiger partial charge in [0.15, 0.2) is 0 Å². The number of carboxylic acid groups (broad SMARTS) is 1. The quantitative estimate of drug-likeness (QED) is 0.117. The Morgan fingerprint density at radius 3 is 1.66 bits per heavy atom. The van der Waals surface area contributed by atoms with Gasteiger partial charge in [0, 0.05) is 59.9 Å². The maximum Gasteiger partial charge on any atom is 0.335 e. The number of carbonyl (C=O) groups excluding carboxylic acids is 2. The molecule has 340 valence electrons. The van der Waals surface area contributed by atoms with Crippen LogP contribution >= 0.6 is 0 Å². The van der Waals surface area contributed by atoms with Gasteiger partial charge in [-0.15, -0.1) is 0 Å². The minimum absolute atomic E-state index is 0.0379. The van der Waals surface area contributed by atoms with E-state index in [2.05, 4.69) is 19.6 Å². The standard InChI is InChI=1S/C31H33N5O5S.C17H19NO4S/c1-21-32-29(33-41-21)23-14-12-22(13-15-23)19-35-16-17-36(20-28(35)37)30(38)25-9-7-8-24(18-25)26-10-5-6-11-27(26)42(39,40)34-31(2,3)4;1-17(2,3)18-23(21,22)15-10-5-4-9-14(15)12-7-6-8-13(11-12)16(19)20/h5-15,18,34H,16-17,19-20H2,1-4H3;4-11,18H,1-3H3,(H,19,20). The molecular weight excluding hydrogens is 869 g/mol. The zero-order valence-electron chi connectivity index (χ0n) is 37.2. The van der Waals surface area contributed by atoms with Crippen LogP contribution in [0.15, 0.2) is 136 Å². The Morgan fingerprint density at radius 1 is 0.677 bits per heavy atom. The molecule has 1 saturated heterocycles. The van der Waals surface area contributed by atoms with E-state index in [1.807, 2.05) is 24.3 Å². The molecule has 0 spiro atoms. The van der Waals surface area contributed by atoms with Crippen LogP contribution in [-0.4, -0.2) is 90.4 Å².